The number of carbonyl (C=O) groups excluding carboxylic acids is 1. The van der Waals surface area contributed by atoms with Crippen molar-refractivity contribution in [2.75, 3.05) is 13.2 Å². The monoisotopic (exact) mass is 484 g/mol. The molecule has 4 rings (SSSR count). The first kappa shape index (κ1) is 24.7. The van der Waals surface area contributed by atoms with Crippen LogP contribution in [0.4, 0.5) is 0 Å². The molecule has 7 nitrogen and oxygen atoms in total. The van der Waals surface area contributed by atoms with E-state index in [1.54, 1.807) is 36.4 Å². The fourth-order valence-electron chi connectivity index (χ4n) is 3.98. The van der Waals surface area contributed by atoms with Gasteiger partial charge in [-0.15, -0.1) is 0 Å². The number of ether oxygens (including phenoxy) is 4. The molecule has 0 saturated carbocycles. The van der Waals surface area contributed by atoms with Crippen molar-refractivity contribution in [3.05, 3.63) is 94.9 Å². The Hall–Kier alpha value is -4.44. The van der Waals surface area contributed by atoms with Gasteiger partial charge in [-0.2, -0.15) is 5.26 Å². The SMILES string of the molecule is CCCCOc1cccc(C(=O)Oc2ccc3c(c2)OC(N)=C(C#N)C3c2ccc(OCC)cc2)c1. The molecule has 0 aliphatic carbocycles. The molecule has 3 aromatic rings. The van der Waals surface area contributed by atoms with E-state index >= 15 is 0 Å². The van der Waals surface area contributed by atoms with Gasteiger partial charge in [-0.05, 0) is 55.3 Å². The third kappa shape index (κ3) is 5.44. The van der Waals surface area contributed by atoms with Crippen LogP contribution < -0.4 is 24.7 Å². The largest absolute Gasteiger partial charge is 0.494 e. The highest BCUT2D eigenvalue weighted by Gasteiger charge is 2.31. The highest BCUT2D eigenvalue weighted by Crippen LogP contribution is 2.43. The highest BCUT2D eigenvalue weighted by atomic mass is 16.5. The summed E-state index contributed by atoms with van der Waals surface area (Å²) >= 11 is 0. The zero-order valence-electron chi connectivity index (χ0n) is 20.3. The number of allylic oxidation sites excluding steroid dienone is 1. The first-order valence-corrected chi connectivity index (χ1v) is 11.9. The fraction of sp³-hybridized carbons (Fsp3) is 0.241. The summed E-state index contributed by atoms with van der Waals surface area (Å²) in [6.45, 7) is 5.16. The zero-order chi connectivity index (χ0) is 25.5. The van der Waals surface area contributed by atoms with Crippen LogP contribution in [0.1, 0.15) is 54.1 Å². The molecule has 0 amide bonds. The molecule has 0 fully saturated rings. The van der Waals surface area contributed by atoms with Crippen molar-refractivity contribution in [2.45, 2.75) is 32.6 Å². The van der Waals surface area contributed by atoms with Gasteiger partial charge >= 0.3 is 5.97 Å². The molecule has 3 aromatic carbocycles. The van der Waals surface area contributed by atoms with Gasteiger partial charge in [0, 0.05) is 11.6 Å². The Morgan fingerprint density at radius 2 is 1.78 bits per heavy atom. The van der Waals surface area contributed by atoms with Crippen molar-refractivity contribution in [2.24, 2.45) is 5.73 Å². The Morgan fingerprint density at radius 1 is 1.00 bits per heavy atom. The van der Waals surface area contributed by atoms with Crippen molar-refractivity contribution in [3.63, 3.8) is 0 Å². The van der Waals surface area contributed by atoms with Crippen LogP contribution in [0.2, 0.25) is 0 Å². The van der Waals surface area contributed by atoms with Crippen molar-refractivity contribution >= 4 is 5.97 Å². The molecule has 1 atom stereocenters. The van der Waals surface area contributed by atoms with Crippen LogP contribution in [0, 0.1) is 11.3 Å². The van der Waals surface area contributed by atoms with E-state index in [4.69, 9.17) is 24.7 Å². The molecule has 0 radical (unpaired) electrons. The summed E-state index contributed by atoms with van der Waals surface area (Å²) in [5, 5.41) is 9.78. The number of hydrogen-bond donors (Lipinski definition) is 1. The predicted octanol–water partition coefficient (Wildman–Crippen LogP) is 5.70. The molecule has 36 heavy (non-hydrogen) atoms. The van der Waals surface area contributed by atoms with Crippen LogP contribution in [-0.4, -0.2) is 19.2 Å². The Balaban J connectivity index is 1.57. The number of hydrogen-bond acceptors (Lipinski definition) is 7. The second-order valence-corrected chi connectivity index (χ2v) is 8.25. The summed E-state index contributed by atoms with van der Waals surface area (Å²) in [6.07, 6.45) is 1.96. The number of carbonyl (C=O) groups is 1. The summed E-state index contributed by atoms with van der Waals surface area (Å²) < 4.78 is 22.6. The minimum atomic E-state index is -0.518. The molecule has 7 heteroatoms. The third-order valence-corrected chi connectivity index (χ3v) is 5.76. The van der Waals surface area contributed by atoms with Crippen LogP contribution in [-0.2, 0) is 0 Å². The van der Waals surface area contributed by atoms with Crippen LogP contribution in [0.3, 0.4) is 0 Å². The van der Waals surface area contributed by atoms with Gasteiger partial charge in [0.05, 0.1) is 24.7 Å². The minimum absolute atomic E-state index is 0.0179. The van der Waals surface area contributed by atoms with Crippen LogP contribution in [0.5, 0.6) is 23.0 Å². The molecule has 2 N–H and O–H groups in total. The van der Waals surface area contributed by atoms with E-state index in [0.717, 1.165) is 29.7 Å². The van der Waals surface area contributed by atoms with Crippen LogP contribution >= 0.6 is 0 Å². The highest BCUT2D eigenvalue weighted by molar-refractivity contribution is 5.91. The third-order valence-electron chi connectivity index (χ3n) is 5.76. The second-order valence-electron chi connectivity index (χ2n) is 8.25. The molecule has 0 spiro atoms. The normalized spacial score (nSPS) is 14.3. The van der Waals surface area contributed by atoms with Crippen molar-refractivity contribution in [1.82, 2.24) is 0 Å². The van der Waals surface area contributed by atoms with Crippen LogP contribution in [0.15, 0.2) is 78.2 Å². The first-order chi connectivity index (χ1) is 17.5. The molecule has 1 unspecified atom stereocenters. The molecule has 1 aliphatic heterocycles. The van der Waals surface area contributed by atoms with E-state index in [1.165, 1.54) is 0 Å². The smallest absolute Gasteiger partial charge is 0.343 e. The van der Waals surface area contributed by atoms with Gasteiger partial charge in [-0.3, -0.25) is 0 Å². The second kappa shape index (κ2) is 11.3. The number of fused-ring (bicyclic) bond motifs is 1. The number of rotatable bonds is 9. The standard InChI is InChI=1S/C29H28N2O5/c1-3-5-15-34-22-8-6-7-20(16-22)29(32)35-23-13-14-24-26(17-23)36-28(31)25(18-30)27(24)19-9-11-21(12-10-19)33-4-2/h6-14,16-17,27H,3-5,15,31H2,1-2H3. The van der Waals surface area contributed by atoms with E-state index in [2.05, 4.69) is 13.0 Å². The molecule has 0 saturated heterocycles. The quantitative estimate of drug-likeness (QED) is 0.236. The molecule has 0 bridgehead atoms. The molecular weight excluding hydrogens is 456 g/mol. The average molecular weight is 485 g/mol. The van der Waals surface area contributed by atoms with Crippen molar-refractivity contribution in [3.8, 4) is 29.1 Å². The number of benzene rings is 3. The average Bonchev–Trinajstić information content (AvgIpc) is 2.89. The van der Waals surface area contributed by atoms with E-state index in [1.807, 2.05) is 37.3 Å². The maximum atomic E-state index is 12.8. The Bertz CT molecular complexity index is 1310. The number of nitriles is 1. The van der Waals surface area contributed by atoms with Crippen molar-refractivity contribution < 1.29 is 23.7 Å². The van der Waals surface area contributed by atoms with Gasteiger partial charge in [0.25, 0.3) is 0 Å². The zero-order valence-corrected chi connectivity index (χ0v) is 20.3. The first-order valence-electron chi connectivity index (χ1n) is 11.9. The van der Waals surface area contributed by atoms with Crippen molar-refractivity contribution in [1.29, 1.82) is 5.26 Å². The van der Waals surface area contributed by atoms with Gasteiger partial charge in [-0.1, -0.05) is 37.6 Å². The maximum Gasteiger partial charge on any atom is 0.343 e. The molecule has 1 heterocycles. The lowest BCUT2D eigenvalue weighted by molar-refractivity contribution is 0.0734. The van der Waals surface area contributed by atoms with E-state index < -0.39 is 11.9 Å². The van der Waals surface area contributed by atoms with Gasteiger partial charge < -0.3 is 24.7 Å². The Labute approximate surface area is 210 Å². The number of nitrogens with zero attached hydrogens (tertiary/aromatic N) is 1. The summed E-state index contributed by atoms with van der Waals surface area (Å²) in [5.74, 6) is 1.16. The molecule has 184 valence electrons. The Kier molecular flexibility index (Phi) is 7.76. The topological polar surface area (TPSA) is 104 Å². The Morgan fingerprint density at radius 3 is 2.50 bits per heavy atom. The predicted molar refractivity (Wildman–Crippen MR) is 135 cm³/mol. The maximum absolute atomic E-state index is 12.8. The minimum Gasteiger partial charge on any atom is -0.494 e. The summed E-state index contributed by atoms with van der Waals surface area (Å²) in [4.78, 5) is 12.8. The van der Waals surface area contributed by atoms with E-state index in [0.29, 0.717) is 41.6 Å². The number of nitrogens with two attached hydrogens (primary N) is 1. The summed E-state index contributed by atoms with van der Waals surface area (Å²) in [6, 6.07) is 21.7. The molecule has 0 aromatic heterocycles. The number of unbranched alkanes of at least 4 members (excludes halogenated alkanes) is 1. The lowest BCUT2D eigenvalue weighted by Crippen LogP contribution is -2.21. The van der Waals surface area contributed by atoms with Crippen LogP contribution in [0.25, 0.3) is 0 Å². The fourth-order valence-corrected chi connectivity index (χ4v) is 3.98. The van der Waals surface area contributed by atoms with Gasteiger partial charge in [-0.25, -0.2) is 4.79 Å². The number of esters is 1. The van der Waals surface area contributed by atoms with Gasteiger partial charge in [0.1, 0.15) is 34.6 Å². The summed E-state index contributed by atoms with van der Waals surface area (Å²) in [5.41, 5.74) is 8.41. The lowest BCUT2D eigenvalue weighted by atomic mass is 9.83. The molecular formula is C29H28N2O5. The van der Waals surface area contributed by atoms with E-state index in [9.17, 15) is 10.1 Å². The van der Waals surface area contributed by atoms with Gasteiger partial charge in [0.15, 0.2) is 0 Å². The molecule has 1 aliphatic rings. The summed E-state index contributed by atoms with van der Waals surface area (Å²) in [7, 11) is 0. The van der Waals surface area contributed by atoms with Gasteiger partial charge in [0.2, 0.25) is 5.88 Å². The lowest BCUT2D eigenvalue weighted by Gasteiger charge is -2.26. The van der Waals surface area contributed by atoms with E-state index in [-0.39, 0.29) is 5.88 Å².